The van der Waals surface area contributed by atoms with Crippen LogP contribution < -0.4 is 10.0 Å². The van der Waals surface area contributed by atoms with Crippen LogP contribution in [0.2, 0.25) is 0 Å². The van der Waals surface area contributed by atoms with E-state index in [1.165, 1.54) is 24.3 Å². The topological polar surface area (TPSA) is 75.3 Å². The Morgan fingerprint density at radius 2 is 1.67 bits per heavy atom. The fourth-order valence-corrected chi connectivity index (χ4v) is 3.47. The number of rotatable bonds is 7. The van der Waals surface area contributed by atoms with Gasteiger partial charge in [0.25, 0.3) is 5.91 Å². The van der Waals surface area contributed by atoms with Crippen molar-refractivity contribution in [3.8, 4) is 0 Å². The number of benzene rings is 2. The van der Waals surface area contributed by atoms with Crippen molar-refractivity contribution in [1.82, 2.24) is 10.0 Å². The zero-order valence-corrected chi connectivity index (χ0v) is 14.6. The first-order chi connectivity index (χ1) is 11.4. The molecule has 0 bridgehead atoms. The van der Waals surface area contributed by atoms with Gasteiger partial charge in [0.2, 0.25) is 10.0 Å². The second kappa shape index (κ2) is 8.08. The SMILES string of the molecule is CCCNC(=O)c1ccc(S(=O)(=O)NC(C)c2ccccc2)cc1. The lowest BCUT2D eigenvalue weighted by Gasteiger charge is -2.15. The fraction of sp³-hybridized carbons (Fsp3) is 0.278. The predicted octanol–water partition coefficient (Wildman–Crippen LogP) is 2.87. The van der Waals surface area contributed by atoms with Gasteiger partial charge in [-0.05, 0) is 43.2 Å². The molecule has 0 saturated carbocycles. The van der Waals surface area contributed by atoms with E-state index >= 15 is 0 Å². The number of hydrogen-bond acceptors (Lipinski definition) is 3. The molecule has 0 aliphatic carbocycles. The van der Waals surface area contributed by atoms with Gasteiger partial charge in [0, 0.05) is 18.2 Å². The van der Waals surface area contributed by atoms with E-state index < -0.39 is 10.0 Å². The largest absolute Gasteiger partial charge is 0.352 e. The minimum Gasteiger partial charge on any atom is -0.352 e. The average molecular weight is 346 g/mol. The lowest BCUT2D eigenvalue weighted by atomic mass is 10.1. The van der Waals surface area contributed by atoms with Gasteiger partial charge in [0.05, 0.1) is 4.90 Å². The molecule has 0 fully saturated rings. The number of nitrogens with one attached hydrogen (secondary N) is 2. The molecule has 0 spiro atoms. The molecule has 2 aromatic rings. The Hall–Kier alpha value is -2.18. The van der Waals surface area contributed by atoms with Gasteiger partial charge >= 0.3 is 0 Å². The highest BCUT2D eigenvalue weighted by Gasteiger charge is 2.18. The van der Waals surface area contributed by atoms with E-state index in [9.17, 15) is 13.2 Å². The maximum absolute atomic E-state index is 12.5. The van der Waals surface area contributed by atoms with Crippen LogP contribution in [0.4, 0.5) is 0 Å². The van der Waals surface area contributed by atoms with Gasteiger partial charge in [-0.2, -0.15) is 0 Å². The van der Waals surface area contributed by atoms with Crippen molar-refractivity contribution in [3.63, 3.8) is 0 Å². The van der Waals surface area contributed by atoms with Gasteiger partial charge in [-0.25, -0.2) is 13.1 Å². The van der Waals surface area contributed by atoms with E-state index in [-0.39, 0.29) is 16.8 Å². The molecule has 2 rings (SSSR count). The van der Waals surface area contributed by atoms with Crippen molar-refractivity contribution in [2.45, 2.75) is 31.2 Å². The molecule has 6 heteroatoms. The van der Waals surface area contributed by atoms with Crippen LogP contribution in [-0.2, 0) is 10.0 Å². The summed E-state index contributed by atoms with van der Waals surface area (Å²) in [6.45, 7) is 4.35. The van der Waals surface area contributed by atoms with Crippen molar-refractivity contribution in [2.75, 3.05) is 6.54 Å². The first kappa shape index (κ1) is 18.2. The Labute approximate surface area is 143 Å². The summed E-state index contributed by atoms with van der Waals surface area (Å²) in [6, 6.07) is 14.9. The number of carbonyl (C=O) groups is 1. The molecule has 0 aromatic heterocycles. The van der Waals surface area contributed by atoms with E-state index in [2.05, 4.69) is 10.0 Å². The number of amides is 1. The standard InChI is InChI=1S/C18H22N2O3S/c1-3-13-19-18(21)16-9-11-17(12-10-16)24(22,23)20-14(2)15-7-5-4-6-8-15/h4-12,14,20H,3,13H2,1-2H3,(H,19,21). The summed E-state index contributed by atoms with van der Waals surface area (Å²) in [4.78, 5) is 12.0. The Morgan fingerprint density at radius 3 is 2.25 bits per heavy atom. The van der Waals surface area contributed by atoms with Crippen LogP contribution in [-0.4, -0.2) is 20.9 Å². The highest BCUT2D eigenvalue weighted by Crippen LogP contribution is 2.17. The summed E-state index contributed by atoms with van der Waals surface area (Å²) in [5, 5.41) is 2.76. The third-order valence-corrected chi connectivity index (χ3v) is 5.15. The Balaban J connectivity index is 2.11. The molecule has 0 aliphatic heterocycles. The van der Waals surface area contributed by atoms with E-state index in [1.807, 2.05) is 37.3 Å². The number of sulfonamides is 1. The van der Waals surface area contributed by atoms with E-state index in [0.29, 0.717) is 12.1 Å². The van der Waals surface area contributed by atoms with E-state index in [1.54, 1.807) is 6.92 Å². The van der Waals surface area contributed by atoms with Crippen LogP contribution >= 0.6 is 0 Å². The maximum Gasteiger partial charge on any atom is 0.251 e. The van der Waals surface area contributed by atoms with Crippen LogP contribution in [0.1, 0.15) is 42.2 Å². The van der Waals surface area contributed by atoms with Gasteiger partial charge in [0.15, 0.2) is 0 Å². The summed E-state index contributed by atoms with van der Waals surface area (Å²) >= 11 is 0. The zero-order valence-electron chi connectivity index (χ0n) is 13.8. The molecular formula is C18H22N2O3S. The fourth-order valence-electron chi connectivity index (χ4n) is 2.24. The van der Waals surface area contributed by atoms with Crippen molar-refractivity contribution in [2.24, 2.45) is 0 Å². The van der Waals surface area contributed by atoms with Gasteiger partial charge < -0.3 is 5.32 Å². The van der Waals surface area contributed by atoms with Crippen LogP contribution in [0, 0.1) is 0 Å². The third-order valence-electron chi connectivity index (χ3n) is 3.59. The smallest absolute Gasteiger partial charge is 0.251 e. The molecule has 0 heterocycles. The Kier molecular flexibility index (Phi) is 6.11. The van der Waals surface area contributed by atoms with Gasteiger partial charge in [-0.3, -0.25) is 4.79 Å². The molecule has 128 valence electrons. The molecular weight excluding hydrogens is 324 g/mol. The molecule has 1 atom stereocenters. The highest BCUT2D eigenvalue weighted by atomic mass is 32.2. The van der Waals surface area contributed by atoms with Crippen molar-refractivity contribution >= 4 is 15.9 Å². The molecule has 1 amide bonds. The summed E-state index contributed by atoms with van der Waals surface area (Å²) in [7, 11) is -3.65. The summed E-state index contributed by atoms with van der Waals surface area (Å²) in [5.41, 5.74) is 1.33. The Bertz CT molecular complexity index is 772. The van der Waals surface area contributed by atoms with E-state index in [0.717, 1.165) is 12.0 Å². The van der Waals surface area contributed by atoms with Crippen LogP contribution in [0.5, 0.6) is 0 Å². The molecule has 24 heavy (non-hydrogen) atoms. The van der Waals surface area contributed by atoms with Gasteiger partial charge in [0.1, 0.15) is 0 Å². The predicted molar refractivity (Wildman–Crippen MR) is 94.2 cm³/mol. The molecule has 0 aliphatic rings. The van der Waals surface area contributed by atoms with Gasteiger partial charge in [-0.1, -0.05) is 37.3 Å². The molecule has 1 unspecified atom stereocenters. The lowest BCUT2D eigenvalue weighted by Crippen LogP contribution is -2.27. The van der Waals surface area contributed by atoms with Crippen molar-refractivity contribution < 1.29 is 13.2 Å². The van der Waals surface area contributed by atoms with Crippen molar-refractivity contribution in [3.05, 3.63) is 65.7 Å². The third kappa shape index (κ3) is 4.66. The molecule has 5 nitrogen and oxygen atoms in total. The first-order valence-corrected chi connectivity index (χ1v) is 9.38. The van der Waals surface area contributed by atoms with Crippen LogP contribution in [0.15, 0.2) is 59.5 Å². The maximum atomic E-state index is 12.5. The lowest BCUT2D eigenvalue weighted by molar-refractivity contribution is 0.0953. The second-order valence-electron chi connectivity index (χ2n) is 5.53. The molecule has 2 N–H and O–H groups in total. The zero-order chi connectivity index (χ0) is 17.6. The van der Waals surface area contributed by atoms with Crippen LogP contribution in [0.25, 0.3) is 0 Å². The quantitative estimate of drug-likeness (QED) is 0.809. The van der Waals surface area contributed by atoms with E-state index in [4.69, 9.17) is 0 Å². The molecule has 0 radical (unpaired) electrons. The minimum absolute atomic E-state index is 0.136. The number of hydrogen-bond donors (Lipinski definition) is 2. The average Bonchev–Trinajstić information content (AvgIpc) is 2.60. The van der Waals surface area contributed by atoms with Gasteiger partial charge in [-0.15, -0.1) is 0 Å². The number of carbonyl (C=O) groups excluding carboxylic acids is 1. The summed E-state index contributed by atoms with van der Waals surface area (Å²) < 4.78 is 27.6. The molecule has 2 aromatic carbocycles. The van der Waals surface area contributed by atoms with Crippen molar-refractivity contribution in [1.29, 1.82) is 0 Å². The summed E-state index contributed by atoms with van der Waals surface area (Å²) in [6.07, 6.45) is 0.847. The summed E-state index contributed by atoms with van der Waals surface area (Å²) in [5.74, 6) is -0.202. The highest BCUT2D eigenvalue weighted by molar-refractivity contribution is 7.89. The second-order valence-corrected chi connectivity index (χ2v) is 7.25. The minimum atomic E-state index is -3.65. The van der Waals surface area contributed by atoms with Crippen LogP contribution in [0.3, 0.4) is 0 Å². The monoisotopic (exact) mass is 346 g/mol. The normalized spacial score (nSPS) is 12.6. The first-order valence-electron chi connectivity index (χ1n) is 7.89. The Morgan fingerprint density at radius 1 is 1.04 bits per heavy atom. The molecule has 0 saturated heterocycles.